The zero-order valence-electron chi connectivity index (χ0n) is 13.2. The van der Waals surface area contributed by atoms with E-state index in [0.29, 0.717) is 55.2 Å². The molecule has 6 nitrogen and oxygen atoms in total. The first-order chi connectivity index (χ1) is 10.6. The van der Waals surface area contributed by atoms with Crippen LogP contribution >= 0.6 is 0 Å². The van der Waals surface area contributed by atoms with Crippen molar-refractivity contribution in [2.24, 2.45) is 0 Å². The minimum Gasteiger partial charge on any atom is -0.493 e. The first-order valence-corrected chi connectivity index (χ1v) is 7.21. The van der Waals surface area contributed by atoms with Crippen molar-refractivity contribution >= 4 is 11.7 Å². The van der Waals surface area contributed by atoms with Crippen LogP contribution in [0.2, 0.25) is 0 Å². The first-order valence-electron chi connectivity index (χ1n) is 7.21. The minimum atomic E-state index is -0.131. The van der Waals surface area contributed by atoms with Crippen LogP contribution in [0.1, 0.15) is 29.6 Å². The van der Waals surface area contributed by atoms with Crippen LogP contribution in [-0.2, 0) is 4.79 Å². The molecule has 1 fully saturated rings. The lowest BCUT2D eigenvalue weighted by Crippen LogP contribution is -2.32. The summed E-state index contributed by atoms with van der Waals surface area (Å²) in [5.74, 6) is 1.41. The number of amides is 1. The van der Waals surface area contributed by atoms with Gasteiger partial charge in [-0.2, -0.15) is 0 Å². The zero-order chi connectivity index (χ0) is 16.1. The second-order valence-corrected chi connectivity index (χ2v) is 5.10. The van der Waals surface area contributed by atoms with Gasteiger partial charge in [-0.05, 0) is 18.6 Å². The molecule has 1 aliphatic rings. The molecule has 0 unspecified atom stereocenters. The Labute approximate surface area is 129 Å². The summed E-state index contributed by atoms with van der Waals surface area (Å²) >= 11 is 0. The molecule has 1 aromatic rings. The van der Waals surface area contributed by atoms with Crippen LogP contribution in [0.5, 0.6) is 17.2 Å². The molecule has 0 bridgehead atoms. The molecule has 1 aliphatic heterocycles. The maximum Gasteiger partial charge on any atom is 0.254 e. The van der Waals surface area contributed by atoms with Crippen molar-refractivity contribution in [3.8, 4) is 17.2 Å². The summed E-state index contributed by atoms with van der Waals surface area (Å²) in [5, 5.41) is 0. The molecule has 0 aromatic heterocycles. The monoisotopic (exact) mass is 307 g/mol. The maximum absolute atomic E-state index is 12.7. The Morgan fingerprint density at radius 1 is 1.00 bits per heavy atom. The summed E-state index contributed by atoms with van der Waals surface area (Å²) in [6.45, 7) is 1.04. The standard InChI is InChI=1S/C16H21NO5/c1-20-13-9-11(10-14(21-2)15(13)22-3)16(19)17-7-4-5-12(18)6-8-17/h9-10H,4-8H2,1-3H3. The summed E-state index contributed by atoms with van der Waals surface area (Å²) in [6, 6.07) is 3.27. The van der Waals surface area contributed by atoms with Crippen molar-refractivity contribution in [3.05, 3.63) is 17.7 Å². The van der Waals surface area contributed by atoms with Crippen molar-refractivity contribution in [3.63, 3.8) is 0 Å². The third-order valence-electron chi connectivity index (χ3n) is 3.74. The number of carbonyl (C=O) groups is 2. The number of benzene rings is 1. The van der Waals surface area contributed by atoms with Crippen LogP contribution in [0.15, 0.2) is 12.1 Å². The van der Waals surface area contributed by atoms with Crippen LogP contribution in [-0.4, -0.2) is 51.0 Å². The lowest BCUT2D eigenvalue weighted by Gasteiger charge is -2.21. The average molecular weight is 307 g/mol. The molecule has 0 radical (unpaired) electrons. The Morgan fingerprint density at radius 2 is 1.64 bits per heavy atom. The highest BCUT2D eigenvalue weighted by atomic mass is 16.5. The van der Waals surface area contributed by atoms with Gasteiger partial charge in [-0.25, -0.2) is 0 Å². The van der Waals surface area contributed by atoms with Crippen molar-refractivity contribution in [2.45, 2.75) is 19.3 Å². The molecule has 0 spiro atoms. The SMILES string of the molecule is COc1cc(C(=O)N2CCCC(=O)CC2)cc(OC)c1OC. The number of rotatable bonds is 4. The predicted octanol–water partition coefficient (Wildman–Crippen LogP) is 1.91. The Bertz CT molecular complexity index is 545. The van der Waals surface area contributed by atoms with Gasteiger partial charge in [0.25, 0.3) is 5.91 Å². The third-order valence-corrected chi connectivity index (χ3v) is 3.74. The number of hydrogen-bond donors (Lipinski definition) is 0. The van der Waals surface area contributed by atoms with Gasteiger partial charge in [0.1, 0.15) is 5.78 Å². The van der Waals surface area contributed by atoms with Crippen molar-refractivity contribution in [1.82, 2.24) is 4.90 Å². The highest BCUT2D eigenvalue weighted by Crippen LogP contribution is 2.38. The van der Waals surface area contributed by atoms with Gasteiger partial charge in [-0.3, -0.25) is 9.59 Å². The third kappa shape index (κ3) is 3.32. The molecule has 2 rings (SSSR count). The average Bonchev–Trinajstić information content (AvgIpc) is 2.77. The molecule has 6 heteroatoms. The minimum absolute atomic E-state index is 0.131. The normalized spacial score (nSPS) is 15.2. The van der Waals surface area contributed by atoms with Gasteiger partial charge in [0, 0.05) is 31.5 Å². The van der Waals surface area contributed by atoms with E-state index in [0.717, 1.165) is 0 Å². The van der Waals surface area contributed by atoms with Gasteiger partial charge >= 0.3 is 0 Å². The van der Waals surface area contributed by atoms with Crippen LogP contribution in [0.25, 0.3) is 0 Å². The molecule has 0 aliphatic carbocycles. The number of ketones is 1. The fraction of sp³-hybridized carbons (Fsp3) is 0.500. The van der Waals surface area contributed by atoms with Gasteiger partial charge in [-0.15, -0.1) is 0 Å². The maximum atomic E-state index is 12.7. The molecule has 120 valence electrons. The number of methoxy groups -OCH3 is 3. The molecular formula is C16H21NO5. The quantitative estimate of drug-likeness (QED) is 0.850. The van der Waals surface area contributed by atoms with E-state index in [9.17, 15) is 9.59 Å². The summed E-state index contributed by atoms with van der Waals surface area (Å²) in [4.78, 5) is 25.8. The smallest absolute Gasteiger partial charge is 0.254 e. The fourth-order valence-corrected chi connectivity index (χ4v) is 2.55. The van der Waals surface area contributed by atoms with Crippen LogP contribution in [0.4, 0.5) is 0 Å². The molecule has 1 saturated heterocycles. The molecule has 0 saturated carbocycles. The number of likely N-dealkylation sites (tertiary alicyclic amines) is 1. The summed E-state index contributed by atoms with van der Waals surface area (Å²) < 4.78 is 15.8. The fourth-order valence-electron chi connectivity index (χ4n) is 2.55. The van der Waals surface area contributed by atoms with Gasteiger partial charge in [-0.1, -0.05) is 0 Å². The van der Waals surface area contributed by atoms with Gasteiger partial charge < -0.3 is 19.1 Å². The summed E-state index contributed by atoms with van der Waals surface area (Å²) in [5.41, 5.74) is 0.462. The predicted molar refractivity (Wildman–Crippen MR) is 80.9 cm³/mol. The van der Waals surface area contributed by atoms with E-state index >= 15 is 0 Å². The van der Waals surface area contributed by atoms with Gasteiger partial charge in [0.15, 0.2) is 11.5 Å². The number of Topliss-reactive ketones (excluding diaryl/α,β-unsaturated/α-hetero) is 1. The highest BCUT2D eigenvalue weighted by Gasteiger charge is 2.23. The van der Waals surface area contributed by atoms with Crippen LogP contribution in [0.3, 0.4) is 0 Å². The van der Waals surface area contributed by atoms with Crippen LogP contribution < -0.4 is 14.2 Å². The van der Waals surface area contributed by atoms with E-state index < -0.39 is 0 Å². The highest BCUT2D eigenvalue weighted by molar-refractivity contribution is 5.96. The molecule has 22 heavy (non-hydrogen) atoms. The van der Waals surface area contributed by atoms with Gasteiger partial charge in [0.05, 0.1) is 21.3 Å². The zero-order valence-corrected chi connectivity index (χ0v) is 13.2. The van der Waals surface area contributed by atoms with E-state index in [4.69, 9.17) is 14.2 Å². The van der Waals surface area contributed by atoms with E-state index in [1.807, 2.05) is 0 Å². The lowest BCUT2D eigenvalue weighted by atomic mass is 10.1. The topological polar surface area (TPSA) is 65.1 Å². The summed E-state index contributed by atoms with van der Waals surface area (Å²) in [7, 11) is 4.54. The Kier molecular flexibility index (Phi) is 5.25. The molecular weight excluding hydrogens is 286 g/mol. The van der Waals surface area contributed by atoms with Crippen molar-refractivity contribution < 1.29 is 23.8 Å². The molecule has 1 amide bonds. The first kappa shape index (κ1) is 16.1. The number of hydrogen-bond acceptors (Lipinski definition) is 5. The Hall–Kier alpha value is -2.24. The Balaban J connectivity index is 2.31. The molecule has 0 atom stereocenters. The number of nitrogens with zero attached hydrogens (tertiary/aromatic N) is 1. The molecule has 1 aromatic carbocycles. The van der Waals surface area contributed by atoms with E-state index in [-0.39, 0.29) is 11.7 Å². The second kappa shape index (κ2) is 7.15. The van der Waals surface area contributed by atoms with E-state index in [1.165, 1.54) is 21.3 Å². The van der Waals surface area contributed by atoms with E-state index in [1.54, 1.807) is 17.0 Å². The molecule has 1 heterocycles. The van der Waals surface area contributed by atoms with Crippen molar-refractivity contribution in [1.29, 1.82) is 0 Å². The second-order valence-electron chi connectivity index (χ2n) is 5.10. The number of ether oxygens (including phenoxy) is 3. The lowest BCUT2D eigenvalue weighted by molar-refractivity contribution is -0.118. The van der Waals surface area contributed by atoms with Gasteiger partial charge in [0.2, 0.25) is 5.75 Å². The van der Waals surface area contributed by atoms with Crippen molar-refractivity contribution in [2.75, 3.05) is 34.4 Å². The largest absolute Gasteiger partial charge is 0.493 e. The van der Waals surface area contributed by atoms with Crippen LogP contribution in [0, 0.1) is 0 Å². The summed E-state index contributed by atoms with van der Waals surface area (Å²) in [6.07, 6.45) is 1.66. The van der Waals surface area contributed by atoms with E-state index in [2.05, 4.69) is 0 Å². The Morgan fingerprint density at radius 3 is 2.18 bits per heavy atom. The molecule has 0 N–H and O–H groups in total. The number of carbonyl (C=O) groups excluding carboxylic acids is 2.